The molecule has 0 spiro atoms. The summed E-state index contributed by atoms with van der Waals surface area (Å²) in [6, 6.07) is 15.2. The van der Waals surface area contributed by atoms with E-state index in [0.717, 1.165) is 47.8 Å². The van der Waals surface area contributed by atoms with Gasteiger partial charge in [0.1, 0.15) is 0 Å². The fourth-order valence-corrected chi connectivity index (χ4v) is 4.97. The van der Waals surface area contributed by atoms with E-state index in [-0.39, 0.29) is 5.91 Å². The van der Waals surface area contributed by atoms with E-state index >= 15 is 0 Å². The molecule has 0 unspecified atom stereocenters. The van der Waals surface area contributed by atoms with Crippen molar-refractivity contribution in [2.75, 3.05) is 18.4 Å². The highest BCUT2D eigenvalue weighted by Gasteiger charge is 2.19. The smallest absolute Gasteiger partial charge is 0.258 e. The Bertz CT molecular complexity index is 1240. The quantitative estimate of drug-likeness (QED) is 0.457. The van der Waals surface area contributed by atoms with Crippen LogP contribution in [0, 0.1) is 5.92 Å². The Labute approximate surface area is 191 Å². The van der Waals surface area contributed by atoms with Crippen LogP contribution in [0.15, 0.2) is 60.1 Å². The number of pyridine rings is 2. The maximum absolute atomic E-state index is 13.3. The van der Waals surface area contributed by atoms with Crippen LogP contribution < -0.4 is 5.32 Å². The van der Waals surface area contributed by atoms with Crippen LogP contribution >= 0.6 is 11.3 Å². The van der Waals surface area contributed by atoms with Gasteiger partial charge in [0, 0.05) is 30.1 Å². The van der Waals surface area contributed by atoms with Gasteiger partial charge in [-0.1, -0.05) is 31.2 Å². The molecular formula is C25H25N5OS. The van der Waals surface area contributed by atoms with Crippen molar-refractivity contribution in [1.29, 1.82) is 0 Å². The fourth-order valence-electron chi connectivity index (χ4n) is 4.27. The molecule has 3 aromatic heterocycles. The summed E-state index contributed by atoms with van der Waals surface area (Å²) in [5.74, 6) is 0.545. The Balaban J connectivity index is 1.39. The summed E-state index contributed by atoms with van der Waals surface area (Å²) in [5, 5.41) is 6.47. The summed E-state index contributed by atoms with van der Waals surface area (Å²) in [5.41, 5.74) is 3.75. The van der Waals surface area contributed by atoms with Gasteiger partial charge in [-0.2, -0.15) is 0 Å². The summed E-state index contributed by atoms with van der Waals surface area (Å²) in [6.45, 7) is 5.36. The molecule has 1 N–H and O–H groups in total. The van der Waals surface area contributed by atoms with Gasteiger partial charge in [0.15, 0.2) is 5.13 Å². The number of benzene rings is 1. The molecule has 6 nitrogen and oxygen atoms in total. The molecule has 7 heteroatoms. The van der Waals surface area contributed by atoms with Crippen molar-refractivity contribution in [3.63, 3.8) is 0 Å². The zero-order chi connectivity index (χ0) is 21.9. The van der Waals surface area contributed by atoms with Gasteiger partial charge in [-0.25, -0.2) is 9.97 Å². The minimum atomic E-state index is -0.187. The van der Waals surface area contributed by atoms with E-state index in [9.17, 15) is 4.79 Å². The fraction of sp³-hybridized carbons (Fsp3) is 0.280. The first-order valence-electron chi connectivity index (χ1n) is 10.9. The maximum Gasteiger partial charge on any atom is 0.258 e. The average Bonchev–Trinajstić information content (AvgIpc) is 3.25. The van der Waals surface area contributed by atoms with E-state index in [1.807, 2.05) is 53.9 Å². The zero-order valence-corrected chi connectivity index (χ0v) is 18.8. The summed E-state index contributed by atoms with van der Waals surface area (Å²) in [4.78, 5) is 29.5. The topological polar surface area (TPSA) is 71.0 Å². The lowest BCUT2D eigenvalue weighted by Gasteiger charge is -2.30. The molecule has 1 saturated heterocycles. The van der Waals surface area contributed by atoms with E-state index in [4.69, 9.17) is 4.98 Å². The number of para-hydroxylation sites is 1. The van der Waals surface area contributed by atoms with Gasteiger partial charge in [0.25, 0.3) is 5.91 Å². The van der Waals surface area contributed by atoms with Gasteiger partial charge in [-0.15, -0.1) is 11.3 Å². The Morgan fingerprint density at radius 3 is 2.88 bits per heavy atom. The number of amides is 1. The molecule has 32 heavy (non-hydrogen) atoms. The van der Waals surface area contributed by atoms with E-state index < -0.39 is 0 Å². The first kappa shape index (κ1) is 20.7. The van der Waals surface area contributed by atoms with Gasteiger partial charge >= 0.3 is 0 Å². The van der Waals surface area contributed by atoms with E-state index in [0.29, 0.717) is 16.4 Å². The monoisotopic (exact) mass is 443 g/mol. The van der Waals surface area contributed by atoms with Crippen molar-refractivity contribution in [2.24, 2.45) is 5.92 Å². The molecule has 1 amide bonds. The van der Waals surface area contributed by atoms with Crippen LogP contribution in [0.2, 0.25) is 0 Å². The third-order valence-corrected chi connectivity index (χ3v) is 6.59. The van der Waals surface area contributed by atoms with Crippen molar-refractivity contribution >= 4 is 33.3 Å². The largest absolute Gasteiger partial charge is 0.298 e. The van der Waals surface area contributed by atoms with Crippen LogP contribution in [0.3, 0.4) is 0 Å². The normalized spacial score (nSPS) is 16.8. The summed E-state index contributed by atoms with van der Waals surface area (Å²) in [7, 11) is 0. The maximum atomic E-state index is 13.3. The second-order valence-corrected chi connectivity index (χ2v) is 9.23. The number of nitrogens with zero attached hydrogens (tertiary/aromatic N) is 4. The van der Waals surface area contributed by atoms with Crippen molar-refractivity contribution < 1.29 is 4.79 Å². The second-order valence-electron chi connectivity index (χ2n) is 8.37. The Hall–Kier alpha value is -3.16. The predicted molar refractivity (Wildman–Crippen MR) is 129 cm³/mol. The van der Waals surface area contributed by atoms with Crippen LogP contribution in [0.4, 0.5) is 5.13 Å². The van der Waals surface area contributed by atoms with E-state index in [1.54, 1.807) is 6.20 Å². The average molecular weight is 444 g/mol. The number of nitrogens with one attached hydrogen (secondary N) is 1. The number of anilines is 1. The van der Waals surface area contributed by atoms with Crippen molar-refractivity contribution in [1.82, 2.24) is 19.9 Å². The molecule has 1 fully saturated rings. The number of aromatic nitrogens is 3. The molecule has 1 aromatic carbocycles. The van der Waals surface area contributed by atoms with Crippen molar-refractivity contribution in [3.05, 3.63) is 71.4 Å². The van der Waals surface area contributed by atoms with Crippen molar-refractivity contribution in [2.45, 2.75) is 26.3 Å². The summed E-state index contributed by atoms with van der Waals surface area (Å²) < 4.78 is 0. The Kier molecular flexibility index (Phi) is 5.92. The van der Waals surface area contributed by atoms with Crippen LogP contribution in [0.1, 0.15) is 35.8 Å². The Morgan fingerprint density at radius 1 is 1.16 bits per heavy atom. The van der Waals surface area contributed by atoms with Crippen molar-refractivity contribution in [3.8, 4) is 11.4 Å². The molecule has 0 radical (unpaired) electrons. The molecule has 0 bridgehead atoms. The number of thiazole rings is 1. The van der Waals surface area contributed by atoms with Crippen LogP contribution in [0.5, 0.6) is 0 Å². The van der Waals surface area contributed by atoms with Gasteiger partial charge in [0.05, 0.1) is 28.2 Å². The third-order valence-electron chi connectivity index (χ3n) is 5.79. The number of hydrogen-bond donors (Lipinski definition) is 1. The zero-order valence-electron chi connectivity index (χ0n) is 18.0. The summed E-state index contributed by atoms with van der Waals surface area (Å²) in [6.07, 6.45) is 4.27. The number of fused-ring (bicyclic) bond motifs is 1. The van der Waals surface area contributed by atoms with E-state index in [1.165, 1.54) is 24.2 Å². The first-order valence-corrected chi connectivity index (χ1v) is 11.8. The molecule has 4 aromatic rings. The first-order chi connectivity index (χ1) is 15.7. The number of carbonyl (C=O) groups excluding carboxylic acids is 1. The number of carbonyl (C=O) groups is 1. The summed E-state index contributed by atoms with van der Waals surface area (Å²) >= 11 is 1.47. The van der Waals surface area contributed by atoms with E-state index in [2.05, 4.69) is 27.1 Å². The molecular weight excluding hydrogens is 418 g/mol. The van der Waals surface area contributed by atoms with Gasteiger partial charge in [-0.3, -0.25) is 20.0 Å². The van der Waals surface area contributed by atoms with Gasteiger partial charge in [-0.05, 0) is 49.6 Å². The Morgan fingerprint density at radius 2 is 2.03 bits per heavy atom. The third kappa shape index (κ3) is 4.54. The SMILES string of the molecule is C[C@H]1CCCN(Cc2csc(NC(=O)c3cc(-c4ccccn4)nc4ccccc34)n2)C1. The van der Waals surface area contributed by atoms with Crippen LogP contribution in [-0.2, 0) is 6.54 Å². The lowest BCUT2D eigenvalue weighted by atomic mass is 10.0. The molecule has 4 heterocycles. The molecule has 1 atom stereocenters. The molecule has 162 valence electrons. The minimum Gasteiger partial charge on any atom is -0.298 e. The molecule has 1 aliphatic heterocycles. The number of hydrogen-bond acceptors (Lipinski definition) is 6. The lowest BCUT2D eigenvalue weighted by molar-refractivity contribution is 0.102. The van der Waals surface area contributed by atoms with Gasteiger partial charge < -0.3 is 0 Å². The second kappa shape index (κ2) is 9.14. The number of piperidine rings is 1. The molecule has 5 rings (SSSR count). The number of rotatable bonds is 5. The minimum absolute atomic E-state index is 0.187. The van der Waals surface area contributed by atoms with Crippen LogP contribution in [-0.4, -0.2) is 38.8 Å². The highest BCUT2D eigenvalue weighted by Crippen LogP contribution is 2.26. The standard InChI is InChI=1S/C25H25N5OS/c1-17-7-6-12-30(14-17)15-18-16-32-25(27-18)29-24(31)20-13-23(22-10-4-5-11-26-22)28-21-9-3-2-8-19(20)21/h2-5,8-11,13,16-17H,6-7,12,14-15H2,1H3,(H,27,29,31)/t17-/m0/s1. The van der Waals surface area contributed by atoms with Gasteiger partial charge in [0.2, 0.25) is 0 Å². The predicted octanol–water partition coefficient (Wildman–Crippen LogP) is 5.24. The molecule has 0 saturated carbocycles. The molecule has 0 aliphatic carbocycles. The van der Waals surface area contributed by atoms with Crippen LogP contribution in [0.25, 0.3) is 22.3 Å². The lowest BCUT2D eigenvalue weighted by Crippen LogP contribution is -2.33. The molecule has 1 aliphatic rings. The highest BCUT2D eigenvalue weighted by atomic mass is 32.1. The highest BCUT2D eigenvalue weighted by molar-refractivity contribution is 7.14. The number of likely N-dealkylation sites (tertiary alicyclic amines) is 1.